The Hall–Kier alpha value is 0.0569. The van der Waals surface area contributed by atoms with Gasteiger partial charge in [-0.15, -0.1) is 0 Å². The molecule has 0 aromatic carbocycles. The molecule has 0 aromatic rings. The van der Waals surface area contributed by atoms with Crippen LogP contribution in [0.4, 0.5) is 0 Å². The van der Waals surface area contributed by atoms with Crippen LogP contribution in [0.5, 0.6) is 0 Å². The van der Waals surface area contributed by atoms with Gasteiger partial charge in [0.05, 0.1) is 6.10 Å². The highest BCUT2D eigenvalue weighted by Gasteiger charge is 2.36. The first-order valence-electron chi connectivity index (χ1n) is 7.69. The van der Waals surface area contributed by atoms with E-state index in [-0.39, 0.29) is 6.10 Å². The van der Waals surface area contributed by atoms with E-state index in [0.717, 1.165) is 19.6 Å². The van der Waals surface area contributed by atoms with E-state index in [2.05, 4.69) is 25.7 Å². The zero-order chi connectivity index (χ0) is 14.7. The second-order valence-corrected chi connectivity index (χ2v) is 7.50. The molecule has 0 heterocycles. The summed E-state index contributed by atoms with van der Waals surface area (Å²) in [5.41, 5.74) is 0. The van der Waals surface area contributed by atoms with Crippen molar-refractivity contribution in [3.05, 3.63) is 0 Å². The second-order valence-electron chi connectivity index (χ2n) is 4.96. The number of hydrogen-bond donors (Lipinski definition) is 0. The van der Waals surface area contributed by atoms with E-state index in [1.165, 1.54) is 12.8 Å². The van der Waals surface area contributed by atoms with Crippen molar-refractivity contribution in [1.29, 1.82) is 0 Å². The topological polar surface area (TPSA) is 30.9 Å². The van der Waals surface area contributed by atoms with Crippen LogP contribution in [0.2, 0.25) is 6.55 Å². The Morgan fingerprint density at radius 1 is 0.947 bits per heavy atom. The Morgan fingerprint density at radius 3 is 1.79 bits per heavy atom. The summed E-state index contributed by atoms with van der Waals surface area (Å²) in [6.07, 6.45) is 2.50. The summed E-state index contributed by atoms with van der Waals surface area (Å²) < 4.78 is 17.5. The minimum Gasteiger partial charge on any atom is -0.374 e. The fourth-order valence-electron chi connectivity index (χ4n) is 2.33. The van der Waals surface area contributed by atoms with Crippen molar-refractivity contribution < 1.29 is 13.3 Å². The molecule has 0 N–H and O–H groups in total. The lowest BCUT2D eigenvalue weighted by atomic mass is 10.3. The fraction of sp³-hybridized carbons (Fsp3) is 1.00. The van der Waals surface area contributed by atoms with Crippen molar-refractivity contribution in [2.24, 2.45) is 0 Å². The predicted octanol–water partition coefficient (Wildman–Crippen LogP) is 3.16. The van der Waals surface area contributed by atoms with Crippen molar-refractivity contribution >= 4 is 8.80 Å². The number of hydrogen-bond acceptors (Lipinski definition) is 4. The zero-order valence-corrected chi connectivity index (χ0v) is 14.7. The summed E-state index contributed by atoms with van der Waals surface area (Å²) in [5, 5.41) is 0. The van der Waals surface area contributed by atoms with Gasteiger partial charge in [-0.25, -0.2) is 0 Å². The first kappa shape index (κ1) is 19.1. The van der Waals surface area contributed by atoms with Gasteiger partial charge in [-0.3, -0.25) is 0 Å². The van der Waals surface area contributed by atoms with Crippen molar-refractivity contribution in [3.8, 4) is 0 Å². The summed E-state index contributed by atoms with van der Waals surface area (Å²) in [7, 11) is -2.45. The maximum atomic E-state index is 6.09. The van der Waals surface area contributed by atoms with E-state index < -0.39 is 8.80 Å². The van der Waals surface area contributed by atoms with Crippen LogP contribution in [-0.4, -0.2) is 52.7 Å². The summed E-state index contributed by atoms with van der Waals surface area (Å²) >= 11 is 0. The monoisotopic (exact) mass is 291 g/mol. The first-order chi connectivity index (χ1) is 9.01. The Balaban J connectivity index is 4.32. The summed E-state index contributed by atoms with van der Waals surface area (Å²) in [6.45, 7) is 17.0. The molecule has 0 amide bonds. The molecule has 4 nitrogen and oxygen atoms in total. The van der Waals surface area contributed by atoms with E-state index in [4.69, 9.17) is 13.3 Å². The number of rotatable bonds is 12. The molecule has 0 aromatic heterocycles. The van der Waals surface area contributed by atoms with Crippen LogP contribution in [0, 0.1) is 0 Å². The molecule has 5 heteroatoms. The molecule has 0 spiro atoms. The smallest absolute Gasteiger partial charge is 0.374 e. The molecule has 1 unspecified atom stereocenters. The average molecular weight is 292 g/mol. The van der Waals surface area contributed by atoms with Gasteiger partial charge >= 0.3 is 8.80 Å². The van der Waals surface area contributed by atoms with Gasteiger partial charge in [-0.05, 0) is 46.7 Å². The fourth-order valence-corrected chi connectivity index (χ4v) is 4.40. The Labute approximate surface area is 120 Å². The predicted molar refractivity (Wildman–Crippen MR) is 82.4 cm³/mol. The standard InChI is InChI=1S/C14H33NO3Si/c1-7-11-15(12-8-2)13-14(5)18-19(6,16-9-3)17-10-4/h14H,7-13H2,1-6H3. The largest absolute Gasteiger partial charge is 0.497 e. The molecule has 0 saturated carbocycles. The van der Waals surface area contributed by atoms with E-state index in [1.54, 1.807) is 0 Å². The van der Waals surface area contributed by atoms with Gasteiger partial charge in [0.25, 0.3) is 0 Å². The maximum absolute atomic E-state index is 6.09. The van der Waals surface area contributed by atoms with Crippen LogP contribution in [0.1, 0.15) is 47.5 Å². The summed E-state index contributed by atoms with van der Waals surface area (Å²) in [5.74, 6) is 0. The lowest BCUT2D eigenvalue weighted by molar-refractivity contribution is 0.0299. The minimum atomic E-state index is -2.45. The van der Waals surface area contributed by atoms with Crippen molar-refractivity contribution in [2.75, 3.05) is 32.8 Å². The Morgan fingerprint density at radius 2 is 1.42 bits per heavy atom. The van der Waals surface area contributed by atoms with Gasteiger partial charge in [0.1, 0.15) is 0 Å². The lowest BCUT2D eigenvalue weighted by Gasteiger charge is -2.31. The highest BCUT2D eigenvalue weighted by molar-refractivity contribution is 6.59. The van der Waals surface area contributed by atoms with E-state index in [0.29, 0.717) is 13.2 Å². The molecular weight excluding hydrogens is 258 g/mol. The van der Waals surface area contributed by atoms with E-state index in [9.17, 15) is 0 Å². The van der Waals surface area contributed by atoms with Crippen LogP contribution in [-0.2, 0) is 13.3 Å². The highest BCUT2D eigenvalue weighted by atomic mass is 28.4. The molecular formula is C14H33NO3Si. The van der Waals surface area contributed by atoms with Gasteiger partial charge in [0, 0.05) is 26.3 Å². The van der Waals surface area contributed by atoms with Gasteiger partial charge in [-0.1, -0.05) is 13.8 Å². The van der Waals surface area contributed by atoms with Gasteiger partial charge in [-0.2, -0.15) is 0 Å². The SMILES string of the molecule is CCCN(CCC)CC(C)O[Si](C)(OCC)OCC. The molecule has 0 aliphatic rings. The molecule has 0 rings (SSSR count). The molecule has 0 aliphatic heterocycles. The quantitative estimate of drug-likeness (QED) is 0.517. The van der Waals surface area contributed by atoms with Crippen LogP contribution in [0.3, 0.4) is 0 Å². The maximum Gasteiger partial charge on any atom is 0.497 e. The van der Waals surface area contributed by atoms with Gasteiger partial charge in [0.2, 0.25) is 0 Å². The molecule has 0 fully saturated rings. The molecule has 0 radical (unpaired) electrons. The summed E-state index contributed by atoms with van der Waals surface area (Å²) in [4.78, 5) is 2.46. The van der Waals surface area contributed by atoms with Crippen molar-refractivity contribution in [2.45, 2.75) is 60.1 Å². The second kappa shape index (κ2) is 10.8. The van der Waals surface area contributed by atoms with Crippen molar-refractivity contribution in [1.82, 2.24) is 4.90 Å². The zero-order valence-electron chi connectivity index (χ0n) is 13.7. The van der Waals surface area contributed by atoms with Crippen LogP contribution in [0.15, 0.2) is 0 Å². The van der Waals surface area contributed by atoms with Crippen LogP contribution < -0.4 is 0 Å². The normalized spacial score (nSPS) is 14.1. The summed E-state index contributed by atoms with van der Waals surface area (Å²) in [6, 6.07) is 0. The molecule has 0 aliphatic carbocycles. The molecule has 116 valence electrons. The van der Waals surface area contributed by atoms with Crippen molar-refractivity contribution in [3.63, 3.8) is 0 Å². The lowest BCUT2D eigenvalue weighted by Crippen LogP contribution is -2.47. The average Bonchev–Trinajstić information content (AvgIpc) is 2.29. The molecule has 1 atom stereocenters. The molecule has 0 saturated heterocycles. The number of nitrogens with zero attached hydrogens (tertiary/aromatic N) is 1. The van der Waals surface area contributed by atoms with Crippen LogP contribution >= 0.6 is 0 Å². The van der Waals surface area contributed by atoms with E-state index >= 15 is 0 Å². The highest BCUT2D eigenvalue weighted by Crippen LogP contribution is 2.13. The molecule has 19 heavy (non-hydrogen) atoms. The minimum absolute atomic E-state index is 0.146. The molecule has 0 bridgehead atoms. The third kappa shape index (κ3) is 8.76. The Kier molecular flexibility index (Phi) is 10.8. The van der Waals surface area contributed by atoms with E-state index in [1.807, 2.05) is 20.4 Å². The van der Waals surface area contributed by atoms with Gasteiger partial charge < -0.3 is 18.2 Å². The Bertz CT molecular complexity index is 205. The third-order valence-electron chi connectivity index (χ3n) is 2.82. The third-order valence-corrected chi connectivity index (χ3v) is 5.28. The van der Waals surface area contributed by atoms with Crippen LogP contribution in [0.25, 0.3) is 0 Å². The van der Waals surface area contributed by atoms with Gasteiger partial charge in [0.15, 0.2) is 0 Å². The first-order valence-corrected chi connectivity index (χ1v) is 9.91.